The molecule has 0 bridgehead atoms. The molecule has 1 heterocycles. The van der Waals surface area contributed by atoms with Gasteiger partial charge in [-0.05, 0) is 54.9 Å². The summed E-state index contributed by atoms with van der Waals surface area (Å²) in [6.45, 7) is 3.89. The number of carbonyl (C=O) groups is 5. The smallest absolute Gasteiger partial charge is 0.328 e. The predicted octanol–water partition coefficient (Wildman–Crippen LogP) is 2.30. The first kappa shape index (κ1) is 34.7. The molecule has 4 atom stereocenters. The Morgan fingerprint density at radius 1 is 1.00 bits per heavy atom. The van der Waals surface area contributed by atoms with E-state index in [0.29, 0.717) is 24.9 Å². The van der Waals surface area contributed by atoms with E-state index in [1.807, 2.05) is 30.3 Å². The number of rotatable bonds is 10. The lowest BCUT2D eigenvalue weighted by Gasteiger charge is -2.26. The Balaban J connectivity index is 1.81. The van der Waals surface area contributed by atoms with Gasteiger partial charge in [0.15, 0.2) is 0 Å². The van der Waals surface area contributed by atoms with Gasteiger partial charge in [0.1, 0.15) is 23.9 Å². The van der Waals surface area contributed by atoms with Crippen LogP contribution < -0.4 is 26.6 Å². The van der Waals surface area contributed by atoms with Crippen LogP contribution in [0.5, 0.6) is 0 Å². The summed E-state index contributed by atoms with van der Waals surface area (Å²) in [7, 11) is 1.23. The van der Waals surface area contributed by atoms with Crippen LogP contribution >= 0.6 is 0 Å². The van der Waals surface area contributed by atoms with Crippen molar-refractivity contribution in [3.05, 3.63) is 83.7 Å². The Hall–Kier alpha value is -4.74. The fourth-order valence-corrected chi connectivity index (χ4v) is 4.88. The fourth-order valence-electron chi connectivity index (χ4n) is 4.88. The lowest BCUT2D eigenvalue weighted by Crippen LogP contribution is -2.58. The van der Waals surface area contributed by atoms with Crippen LogP contribution in [0.2, 0.25) is 0 Å². The molecule has 242 valence electrons. The molecule has 5 amide bonds. The largest absolute Gasteiger partial charge is 0.467 e. The Kier molecular flexibility index (Phi) is 13.5. The first-order valence-electron chi connectivity index (χ1n) is 15.1. The van der Waals surface area contributed by atoms with Gasteiger partial charge in [-0.2, -0.15) is 0 Å². The minimum atomic E-state index is -1.09. The Morgan fingerprint density at radius 2 is 1.73 bits per heavy atom. The highest BCUT2D eigenvalue weighted by Gasteiger charge is 2.30. The quantitative estimate of drug-likeness (QED) is 0.256. The summed E-state index contributed by atoms with van der Waals surface area (Å²) < 4.78 is 18.6. The van der Waals surface area contributed by atoms with Gasteiger partial charge >= 0.3 is 12.0 Å². The van der Waals surface area contributed by atoms with Crippen molar-refractivity contribution in [2.45, 2.75) is 70.1 Å². The van der Waals surface area contributed by atoms with E-state index in [4.69, 9.17) is 4.74 Å². The van der Waals surface area contributed by atoms with Crippen molar-refractivity contribution in [2.75, 3.05) is 13.7 Å². The number of halogens is 1. The number of hydrogen-bond donors (Lipinski definition) is 5. The van der Waals surface area contributed by atoms with E-state index in [-0.39, 0.29) is 31.1 Å². The molecule has 5 N–H and O–H groups in total. The molecule has 1 aliphatic rings. The molecule has 0 saturated carbocycles. The van der Waals surface area contributed by atoms with Crippen molar-refractivity contribution in [1.29, 1.82) is 0 Å². The molecular weight excluding hydrogens is 581 g/mol. The Labute approximate surface area is 262 Å². The number of hydrogen-bond acceptors (Lipinski definition) is 6. The van der Waals surface area contributed by atoms with Gasteiger partial charge in [0.25, 0.3) is 0 Å². The molecule has 0 aromatic heterocycles. The van der Waals surface area contributed by atoms with Gasteiger partial charge in [0.2, 0.25) is 17.7 Å². The maximum atomic E-state index is 13.8. The number of ether oxygens (including phenoxy) is 1. The lowest BCUT2D eigenvalue weighted by molar-refractivity contribution is -0.144. The van der Waals surface area contributed by atoms with Gasteiger partial charge in [-0.25, -0.2) is 14.0 Å². The number of amides is 5. The van der Waals surface area contributed by atoms with Crippen molar-refractivity contribution in [3.63, 3.8) is 0 Å². The third-order valence-corrected chi connectivity index (χ3v) is 7.32. The third kappa shape index (κ3) is 11.7. The summed E-state index contributed by atoms with van der Waals surface area (Å²) >= 11 is 0. The number of benzene rings is 2. The van der Waals surface area contributed by atoms with Crippen LogP contribution in [0, 0.1) is 11.7 Å². The standard InChI is InChI=1S/C33H42FN5O6/c1-21(2)29(32(43)45-3)39-33(44)38-27(20-22-10-5-4-6-11-22)31(42)37-26-14-7-8-17-35-28(40)16-15-25(36-30(26)41)19-23-12-9-13-24(34)18-23/h4-6,9-13,15-16,18,21,25-27,29H,7-8,14,17,19-20H2,1-3H3,(H,35,40)(H,36,41)(H,37,42)(H2,38,39,44)/b16-15+/t25-,26+,27?,29?/m1/s1. The summed E-state index contributed by atoms with van der Waals surface area (Å²) in [6.07, 6.45) is 4.56. The summed E-state index contributed by atoms with van der Waals surface area (Å²) in [5.41, 5.74) is 1.38. The number of carbonyl (C=O) groups excluding carboxylic acids is 5. The zero-order valence-electron chi connectivity index (χ0n) is 25.8. The molecule has 3 rings (SSSR count). The Bertz CT molecular complexity index is 1350. The average molecular weight is 624 g/mol. The van der Waals surface area contributed by atoms with Crippen molar-refractivity contribution in [2.24, 2.45) is 5.92 Å². The van der Waals surface area contributed by atoms with E-state index in [2.05, 4.69) is 26.6 Å². The van der Waals surface area contributed by atoms with Crippen molar-refractivity contribution < 1.29 is 33.1 Å². The van der Waals surface area contributed by atoms with Gasteiger partial charge < -0.3 is 31.3 Å². The third-order valence-electron chi connectivity index (χ3n) is 7.32. The van der Waals surface area contributed by atoms with Gasteiger partial charge in [-0.15, -0.1) is 0 Å². The second kappa shape index (κ2) is 17.5. The van der Waals surface area contributed by atoms with Crippen LogP contribution in [-0.4, -0.2) is 67.5 Å². The molecule has 2 aromatic rings. The highest BCUT2D eigenvalue weighted by Crippen LogP contribution is 2.11. The van der Waals surface area contributed by atoms with Crippen molar-refractivity contribution in [3.8, 4) is 0 Å². The second-order valence-electron chi connectivity index (χ2n) is 11.3. The first-order valence-corrected chi connectivity index (χ1v) is 15.1. The van der Waals surface area contributed by atoms with E-state index in [1.165, 1.54) is 31.4 Å². The average Bonchev–Trinajstić information content (AvgIpc) is 3.00. The zero-order chi connectivity index (χ0) is 32.8. The van der Waals surface area contributed by atoms with Crippen LogP contribution in [0.15, 0.2) is 66.7 Å². The van der Waals surface area contributed by atoms with Crippen LogP contribution in [-0.2, 0) is 36.8 Å². The molecule has 1 aliphatic heterocycles. The highest BCUT2D eigenvalue weighted by atomic mass is 19.1. The fraction of sp³-hybridized carbons (Fsp3) is 0.424. The number of esters is 1. The van der Waals surface area contributed by atoms with Crippen molar-refractivity contribution >= 4 is 29.7 Å². The number of urea groups is 1. The van der Waals surface area contributed by atoms with Crippen LogP contribution in [0.3, 0.4) is 0 Å². The molecule has 0 fully saturated rings. The van der Waals surface area contributed by atoms with E-state index in [9.17, 15) is 28.4 Å². The van der Waals surface area contributed by atoms with Crippen LogP contribution in [0.1, 0.15) is 44.2 Å². The summed E-state index contributed by atoms with van der Waals surface area (Å²) in [6, 6.07) is 10.6. The van der Waals surface area contributed by atoms with Crippen molar-refractivity contribution in [1.82, 2.24) is 26.6 Å². The molecule has 2 unspecified atom stereocenters. The van der Waals surface area contributed by atoms with Crippen LogP contribution in [0.4, 0.5) is 9.18 Å². The van der Waals surface area contributed by atoms with E-state index in [0.717, 1.165) is 5.56 Å². The van der Waals surface area contributed by atoms with E-state index < -0.39 is 53.8 Å². The molecule has 0 spiro atoms. The molecule has 2 aromatic carbocycles. The minimum Gasteiger partial charge on any atom is -0.467 e. The monoisotopic (exact) mass is 623 g/mol. The normalized spacial score (nSPS) is 19.4. The van der Waals surface area contributed by atoms with E-state index in [1.54, 1.807) is 26.0 Å². The summed E-state index contributed by atoms with van der Waals surface area (Å²) in [4.78, 5) is 64.7. The lowest BCUT2D eigenvalue weighted by atomic mass is 10.0. The molecule has 12 heteroatoms. The Morgan fingerprint density at radius 3 is 2.42 bits per heavy atom. The minimum absolute atomic E-state index is 0.121. The molecule has 0 radical (unpaired) electrons. The first-order chi connectivity index (χ1) is 21.5. The second-order valence-corrected chi connectivity index (χ2v) is 11.3. The van der Waals surface area contributed by atoms with Crippen LogP contribution in [0.25, 0.3) is 0 Å². The number of methoxy groups -OCH3 is 1. The predicted molar refractivity (Wildman–Crippen MR) is 166 cm³/mol. The highest BCUT2D eigenvalue weighted by molar-refractivity contribution is 5.93. The topological polar surface area (TPSA) is 155 Å². The molecule has 0 saturated heterocycles. The van der Waals surface area contributed by atoms with E-state index >= 15 is 0 Å². The molecular formula is C33H42FN5O6. The van der Waals surface area contributed by atoms with Gasteiger partial charge in [0.05, 0.1) is 13.2 Å². The summed E-state index contributed by atoms with van der Waals surface area (Å²) in [5, 5.41) is 13.7. The molecule has 11 nitrogen and oxygen atoms in total. The number of nitrogens with one attached hydrogen (secondary N) is 5. The van der Waals surface area contributed by atoms with Gasteiger partial charge in [-0.3, -0.25) is 14.4 Å². The molecule has 45 heavy (non-hydrogen) atoms. The zero-order valence-corrected chi connectivity index (χ0v) is 25.8. The van der Waals surface area contributed by atoms with Gasteiger partial charge in [0, 0.05) is 19.0 Å². The SMILES string of the molecule is COC(=O)C(NC(=O)NC(Cc1ccccc1)C(=O)N[C@H]1CCCCNC(=O)/C=C/[C@H](Cc2cccc(F)c2)NC1=O)C(C)C. The maximum Gasteiger partial charge on any atom is 0.328 e. The molecule has 0 aliphatic carbocycles. The summed E-state index contributed by atoms with van der Waals surface area (Å²) in [5.74, 6) is -2.70. The van der Waals surface area contributed by atoms with Gasteiger partial charge in [-0.1, -0.05) is 62.4 Å². The maximum absolute atomic E-state index is 13.8.